The summed E-state index contributed by atoms with van der Waals surface area (Å²) >= 11 is 3.30. The molecule has 0 aromatic carbocycles. The highest BCUT2D eigenvalue weighted by Crippen LogP contribution is 2.35. The van der Waals surface area contributed by atoms with Gasteiger partial charge in [0.15, 0.2) is 0 Å². The molecule has 1 unspecified atom stereocenters. The number of hydrogen-bond acceptors (Lipinski definition) is 6. The number of aliphatic hydroxyl groups excluding tert-OH is 1. The summed E-state index contributed by atoms with van der Waals surface area (Å²) in [6.07, 6.45) is 0.204. The molecule has 0 spiro atoms. The Labute approximate surface area is 127 Å². The lowest BCUT2D eigenvalue weighted by Gasteiger charge is -2.30. The molecule has 1 atom stereocenters. The second kappa shape index (κ2) is 8.59. The molecule has 0 saturated carbocycles. The molecule has 0 aliphatic rings. The maximum atomic E-state index is 11.9. The van der Waals surface area contributed by atoms with Crippen molar-refractivity contribution in [1.82, 2.24) is 0 Å². The number of hydrogen-bond donors (Lipinski definition) is 1. The Balaban J connectivity index is 4.55. The summed E-state index contributed by atoms with van der Waals surface area (Å²) in [7, 11) is 1.52. The molecule has 1 N–H and O–H groups in total. The normalized spacial score (nSPS) is 14.5. The number of carbonyl (C=O) groups is 2. The molecule has 0 aromatic rings. The molecule has 0 aromatic heterocycles. The fraction of sp³-hybridized carbons (Fsp3) is 0.846. The largest absolute Gasteiger partial charge is 0.463 e. The molecular weight excluding hydrogens is 332 g/mol. The van der Waals surface area contributed by atoms with Crippen LogP contribution in [0.4, 0.5) is 0 Å². The lowest BCUT2D eigenvalue weighted by molar-refractivity contribution is -0.157. The molecule has 20 heavy (non-hydrogen) atoms. The van der Waals surface area contributed by atoms with Crippen LogP contribution in [-0.2, 0) is 23.8 Å². The number of halogens is 1. The zero-order chi connectivity index (χ0) is 15.8. The van der Waals surface area contributed by atoms with E-state index in [0.29, 0.717) is 6.61 Å². The monoisotopic (exact) mass is 354 g/mol. The molecule has 0 aliphatic carbocycles. The summed E-state index contributed by atoms with van der Waals surface area (Å²) in [5.41, 5.74) is -0.881. The number of carbonyl (C=O) groups excluding carboxylic acids is 2. The van der Waals surface area contributed by atoms with Crippen molar-refractivity contribution in [1.29, 1.82) is 0 Å². The van der Waals surface area contributed by atoms with E-state index in [1.807, 2.05) is 0 Å². The van der Waals surface area contributed by atoms with Crippen LogP contribution in [0, 0.1) is 5.41 Å². The average molecular weight is 355 g/mol. The van der Waals surface area contributed by atoms with Gasteiger partial charge in [0, 0.05) is 7.11 Å². The Hall–Kier alpha value is -0.660. The fourth-order valence-corrected chi connectivity index (χ4v) is 2.49. The van der Waals surface area contributed by atoms with E-state index < -0.39 is 21.7 Å². The van der Waals surface area contributed by atoms with E-state index in [-0.39, 0.29) is 26.2 Å². The molecule has 0 radical (unpaired) electrons. The number of aliphatic hydroxyl groups is 1. The smallest absolute Gasteiger partial charge is 0.322 e. The SMILES string of the molecule is COCCOC(=O)C(C)(Br)CC(C)(C)C(=O)OCCO. The van der Waals surface area contributed by atoms with Gasteiger partial charge in [-0.3, -0.25) is 9.59 Å². The van der Waals surface area contributed by atoms with Gasteiger partial charge in [0.1, 0.15) is 17.5 Å². The summed E-state index contributed by atoms with van der Waals surface area (Å²) in [5.74, 6) is -0.931. The van der Waals surface area contributed by atoms with E-state index >= 15 is 0 Å². The number of methoxy groups -OCH3 is 1. The summed E-state index contributed by atoms with van der Waals surface area (Å²) in [6.45, 7) is 5.18. The second-order valence-electron chi connectivity index (χ2n) is 5.25. The van der Waals surface area contributed by atoms with Gasteiger partial charge in [0.05, 0.1) is 18.6 Å². The third-order valence-corrected chi connectivity index (χ3v) is 3.20. The van der Waals surface area contributed by atoms with Crippen LogP contribution in [0.3, 0.4) is 0 Å². The van der Waals surface area contributed by atoms with Crippen LogP contribution in [0.15, 0.2) is 0 Å². The zero-order valence-electron chi connectivity index (χ0n) is 12.4. The molecule has 0 amide bonds. The Morgan fingerprint density at radius 3 is 2.10 bits per heavy atom. The maximum absolute atomic E-state index is 11.9. The molecule has 0 bridgehead atoms. The van der Waals surface area contributed by atoms with Gasteiger partial charge in [-0.15, -0.1) is 0 Å². The molecular formula is C13H23BrO6. The van der Waals surface area contributed by atoms with Crippen molar-refractivity contribution in [2.24, 2.45) is 5.41 Å². The van der Waals surface area contributed by atoms with Crippen molar-refractivity contribution in [2.45, 2.75) is 31.5 Å². The number of esters is 2. The van der Waals surface area contributed by atoms with Crippen LogP contribution in [0.5, 0.6) is 0 Å². The summed E-state index contributed by atoms with van der Waals surface area (Å²) < 4.78 is 13.7. The van der Waals surface area contributed by atoms with Gasteiger partial charge in [-0.05, 0) is 27.2 Å². The van der Waals surface area contributed by atoms with Crippen LogP contribution in [0.25, 0.3) is 0 Å². The van der Waals surface area contributed by atoms with E-state index in [1.54, 1.807) is 20.8 Å². The topological polar surface area (TPSA) is 82.1 Å². The van der Waals surface area contributed by atoms with E-state index in [4.69, 9.17) is 19.3 Å². The van der Waals surface area contributed by atoms with Gasteiger partial charge < -0.3 is 19.3 Å². The van der Waals surface area contributed by atoms with E-state index in [2.05, 4.69) is 15.9 Å². The minimum absolute atomic E-state index is 0.0560. The van der Waals surface area contributed by atoms with Crippen molar-refractivity contribution < 1.29 is 28.9 Å². The van der Waals surface area contributed by atoms with Gasteiger partial charge in [-0.25, -0.2) is 0 Å². The van der Waals surface area contributed by atoms with Gasteiger partial charge in [0.25, 0.3) is 0 Å². The van der Waals surface area contributed by atoms with E-state index in [0.717, 1.165) is 0 Å². The molecule has 0 heterocycles. The number of alkyl halides is 1. The lowest BCUT2D eigenvalue weighted by atomic mass is 9.83. The zero-order valence-corrected chi connectivity index (χ0v) is 14.0. The first-order chi connectivity index (χ1) is 9.17. The highest BCUT2D eigenvalue weighted by Gasteiger charge is 2.42. The molecule has 118 valence electrons. The van der Waals surface area contributed by atoms with Gasteiger partial charge in [-0.2, -0.15) is 0 Å². The minimum atomic E-state index is -0.998. The standard InChI is InChI=1S/C13H23BrO6/c1-12(2,10(16)19-6-5-15)9-13(3,14)11(17)20-8-7-18-4/h15H,5-9H2,1-4H3. The van der Waals surface area contributed by atoms with Crippen LogP contribution in [-0.4, -0.2) is 54.9 Å². The average Bonchev–Trinajstić information content (AvgIpc) is 2.34. The molecule has 0 fully saturated rings. The van der Waals surface area contributed by atoms with Crippen molar-refractivity contribution in [3.8, 4) is 0 Å². The predicted octanol–water partition coefficient (Wildman–Crippen LogP) is 1.28. The predicted molar refractivity (Wildman–Crippen MR) is 76.6 cm³/mol. The molecule has 0 rings (SSSR count). The highest BCUT2D eigenvalue weighted by molar-refractivity contribution is 9.10. The fourth-order valence-electron chi connectivity index (χ4n) is 1.68. The minimum Gasteiger partial charge on any atom is -0.463 e. The van der Waals surface area contributed by atoms with E-state index in [1.165, 1.54) is 7.11 Å². The molecule has 0 aliphatic heterocycles. The van der Waals surface area contributed by atoms with Crippen LogP contribution in [0.2, 0.25) is 0 Å². The highest BCUT2D eigenvalue weighted by atomic mass is 79.9. The third-order valence-electron chi connectivity index (χ3n) is 2.60. The van der Waals surface area contributed by atoms with Gasteiger partial charge >= 0.3 is 11.9 Å². The Morgan fingerprint density at radius 2 is 1.60 bits per heavy atom. The molecule has 0 saturated heterocycles. The Kier molecular flexibility index (Phi) is 8.30. The Morgan fingerprint density at radius 1 is 1.05 bits per heavy atom. The quantitative estimate of drug-likeness (QED) is 0.381. The number of rotatable bonds is 9. The molecule has 7 heteroatoms. The van der Waals surface area contributed by atoms with Gasteiger partial charge in [0.2, 0.25) is 0 Å². The van der Waals surface area contributed by atoms with Crippen molar-refractivity contribution >= 4 is 27.9 Å². The summed E-state index contributed by atoms with van der Waals surface area (Å²) in [4.78, 5) is 23.8. The summed E-state index contributed by atoms with van der Waals surface area (Å²) in [6, 6.07) is 0. The first-order valence-corrected chi connectivity index (χ1v) is 7.10. The van der Waals surface area contributed by atoms with Crippen LogP contribution < -0.4 is 0 Å². The van der Waals surface area contributed by atoms with Crippen molar-refractivity contribution in [3.63, 3.8) is 0 Å². The van der Waals surface area contributed by atoms with Crippen LogP contribution >= 0.6 is 15.9 Å². The Bertz CT molecular complexity index is 327. The van der Waals surface area contributed by atoms with Crippen molar-refractivity contribution in [2.75, 3.05) is 33.5 Å². The second-order valence-corrected chi connectivity index (χ2v) is 7.00. The van der Waals surface area contributed by atoms with Crippen LogP contribution in [0.1, 0.15) is 27.2 Å². The first kappa shape index (κ1) is 19.3. The maximum Gasteiger partial charge on any atom is 0.322 e. The van der Waals surface area contributed by atoms with Gasteiger partial charge in [-0.1, -0.05) is 15.9 Å². The lowest BCUT2D eigenvalue weighted by Crippen LogP contribution is -2.40. The summed E-state index contributed by atoms with van der Waals surface area (Å²) in [5, 5.41) is 8.65. The number of ether oxygens (including phenoxy) is 3. The first-order valence-electron chi connectivity index (χ1n) is 6.30. The van der Waals surface area contributed by atoms with Crippen molar-refractivity contribution in [3.05, 3.63) is 0 Å². The molecule has 6 nitrogen and oxygen atoms in total. The third kappa shape index (κ3) is 6.67. The van der Waals surface area contributed by atoms with E-state index in [9.17, 15) is 9.59 Å².